The molecule has 5 rings (SSSR count). The van der Waals surface area contributed by atoms with Gasteiger partial charge < -0.3 is 15.0 Å². The molecule has 4 aromatic heterocycles. The summed E-state index contributed by atoms with van der Waals surface area (Å²) in [5.74, 6) is 0.0851. The summed E-state index contributed by atoms with van der Waals surface area (Å²) >= 11 is 14.8. The number of halogens is 2. The third-order valence-electron chi connectivity index (χ3n) is 5.08. The number of aromatic amines is 1. The van der Waals surface area contributed by atoms with Gasteiger partial charge in [0, 0.05) is 36.4 Å². The summed E-state index contributed by atoms with van der Waals surface area (Å²) < 4.78 is 0.543. The van der Waals surface area contributed by atoms with E-state index in [0.29, 0.717) is 37.6 Å². The van der Waals surface area contributed by atoms with Crippen molar-refractivity contribution in [2.45, 2.75) is 15.9 Å². The maximum atomic E-state index is 11.1. The molecule has 5 heterocycles. The lowest BCUT2D eigenvalue weighted by Gasteiger charge is -2.40. The van der Waals surface area contributed by atoms with Crippen molar-refractivity contribution in [2.24, 2.45) is 5.92 Å². The summed E-state index contributed by atoms with van der Waals surface area (Å²) in [5.41, 5.74) is 3.69. The smallest absolute Gasteiger partial charge is 0.355 e. The number of aromatic carboxylic acids is 1. The summed E-state index contributed by atoms with van der Waals surface area (Å²) in [5, 5.41) is 12.3. The SMILES string of the molecule is O=C(O)c1csc(Sc2nc(N3CC(Cc4cncnc4)C3)c3c(Cl)c(/C=C/Cl)[nH]c3n2)n1. The zero-order valence-corrected chi connectivity index (χ0v) is 19.9. The number of thiazole rings is 1. The van der Waals surface area contributed by atoms with E-state index in [1.807, 2.05) is 12.4 Å². The third kappa shape index (κ3) is 4.54. The molecular formula is C20H15Cl2N7O2S2. The normalized spacial score (nSPS) is 14.3. The lowest BCUT2D eigenvalue weighted by molar-refractivity contribution is 0.0691. The second-order valence-corrected chi connectivity index (χ2v) is 10.0. The zero-order valence-electron chi connectivity index (χ0n) is 16.8. The van der Waals surface area contributed by atoms with E-state index in [-0.39, 0.29) is 5.69 Å². The fraction of sp³-hybridized carbons (Fsp3) is 0.200. The van der Waals surface area contributed by atoms with Gasteiger partial charge in [-0.1, -0.05) is 23.2 Å². The number of hydrogen-bond acceptors (Lipinski definition) is 9. The Kier molecular flexibility index (Phi) is 6.19. The minimum atomic E-state index is -1.07. The molecule has 0 amide bonds. The third-order valence-corrected chi connectivity index (χ3v) is 7.41. The second kappa shape index (κ2) is 9.26. The van der Waals surface area contributed by atoms with Crippen molar-refractivity contribution in [1.29, 1.82) is 0 Å². The van der Waals surface area contributed by atoms with E-state index in [9.17, 15) is 4.79 Å². The fourth-order valence-electron chi connectivity index (χ4n) is 3.61. The number of carbonyl (C=O) groups is 1. The summed E-state index contributed by atoms with van der Waals surface area (Å²) in [4.78, 5) is 38.1. The number of H-pyrrole nitrogens is 1. The van der Waals surface area contributed by atoms with Gasteiger partial charge in [0.2, 0.25) is 0 Å². The van der Waals surface area contributed by atoms with Crippen LogP contribution in [0.3, 0.4) is 0 Å². The maximum absolute atomic E-state index is 11.1. The number of nitrogens with zero attached hydrogens (tertiary/aromatic N) is 6. The van der Waals surface area contributed by atoms with Crippen LogP contribution in [0.5, 0.6) is 0 Å². The molecule has 1 saturated heterocycles. The highest BCUT2D eigenvalue weighted by Crippen LogP contribution is 2.39. The molecule has 1 fully saturated rings. The van der Waals surface area contributed by atoms with Gasteiger partial charge in [-0.15, -0.1) is 11.3 Å². The average Bonchev–Trinajstić information content (AvgIpc) is 3.36. The summed E-state index contributed by atoms with van der Waals surface area (Å²) in [6.07, 6.45) is 7.73. The molecule has 13 heteroatoms. The van der Waals surface area contributed by atoms with Gasteiger partial charge >= 0.3 is 5.97 Å². The Morgan fingerprint density at radius 2 is 2.09 bits per heavy atom. The van der Waals surface area contributed by atoms with E-state index in [1.165, 1.54) is 40.3 Å². The van der Waals surface area contributed by atoms with Crippen molar-refractivity contribution in [3.8, 4) is 0 Å². The van der Waals surface area contributed by atoms with Crippen molar-refractivity contribution >= 4 is 75.2 Å². The first-order chi connectivity index (χ1) is 16.0. The number of rotatable bonds is 7. The summed E-state index contributed by atoms with van der Waals surface area (Å²) in [6, 6.07) is 0. The average molecular weight is 520 g/mol. The number of hydrogen-bond donors (Lipinski definition) is 2. The minimum Gasteiger partial charge on any atom is -0.476 e. The molecule has 0 aromatic carbocycles. The van der Waals surface area contributed by atoms with Crippen LogP contribution in [0.15, 0.2) is 39.1 Å². The summed E-state index contributed by atoms with van der Waals surface area (Å²) in [7, 11) is 0. The van der Waals surface area contributed by atoms with Crippen LogP contribution in [0.25, 0.3) is 17.1 Å². The molecule has 0 spiro atoms. The molecule has 1 aliphatic heterocycles. The number of fused-ring (bicyclic) bond motifs is 1. The number of carboxylic acid groups (broad SMARTS) is 1. The Balaban J connectivity index is 1.45. The van der Waals surface area contributed by atoms with Gasteiger partial charge in [0.15, 0.2) is 15.2 Å². The first-order valence-corrected chi connectivity index (χ1v) is 12.2. The molecule has 0 aliphatic carbocycles. The van der Waals surface area contributed by atoms with E-state index >= 15 is 0 Å². The van der Waals surface area contributed by atoms with Crippen LogP contribution in [0.4, 0.5) is 5.82 Å². The molecule has 9 nitrogen and oxygen atoms in total. The predicted octanol–water partition coefficient (Wildman–Crippen LogP) is 4.60. The Bertz CT molecular complexity index is 1350. The Labute approximate surface area is 205 Å². The molecule has 1 aliphatic rings. The van der Waals surface area contributed by atoms with Gasteiger partial charge in [-0.2, -0.15) is 0 Å². The monoisotopic (exact) mass is 519 g/mol. The predicted molar refractivity (Wildman–Crippen MR) is 128 cm³/mol. The van der Waals surface area contributed by atoms with Crippen LogP contribution >= 0.6 is 46.3 Å². The van der Waals surface area contributed by atoms with Crippen molar-refractivity contribution < 1.29 is 9.90 Å². The highest BCUT2D eigenvalue weighted by Gasteiger charge is 2.31. The minimum absolute atomic E-state index is 0.00303. The van der Waals surface area contributed by atoms with Crippen molar-refractivity contribution in [2.75, 3.05) is 18.0 Å². The molecule has 0 bridgehead atoms. The van der Waals surface area contributed by atoms with Crippen LogP contribution in [0.2, 0.25) is 5.02 Å². The van der Waals surface area contributed by atoms with E-state index in [4.69, 9.17) is 33.3 Å². The van der Waals surface area contributed by atoms with Gasteiger partial charge in [0.1, 0.15) is 17.8 Å². The zero-order chi connectivity index (χ0) is 22.9. The molecular weight excluding hydrogens is 505 g/mol. The summed E-state index contributed by atoms with van der Waals surface area (Å²) in [6.45, 7) is 1.60. The molecule has 0 unspecified atom stereocenters. The molecule has 0 saturated carbocycles. The number of aromatic nitrogens is 6. The lowest BCUT2D eigenvalue weighted by Crippen LogP contribution is -2.48. The van der Waals surface area contributed by atoms with Crippen molar-refractivity contribution in [3.63, 3.8) is 0 Å². The van der Waals surface area contributed by atoms with E-state index in [2.05, 4.69) is 29.8 Å². The number of carboxylic acids is 1. The highest BCUT2D eigenvalue weighted by atomic mass is 35.5. The molecule has 0 atom stereocenters. The first kappa shape index (κ1) is 22.1. The van der Waals surface area contributed by atoms with Crippen LogP contribution in [-0.4, -0.2) is 54.1 Å². The number of anilines is 1. The molecule has 168 valence electrons. The van der Waals surface area contributed by atoms with Gasteiger partial charge in [0.05, 0.1) is 16.1 Å². The van der Waals surface area contributed by atoms with Crippen molar-refractivity contribution in [3.05, 3.63) is 51.6 Å². The lowest BCUT2D eigenvalue weighted by atomic mass is 9.93. The fourth-order valence-corrected chi connectivity index (χ4v) is 5.67. The molecule has 4 aromatic rings. The Morgan fingerprint density at radius 3 is 2.79 bits per heavy atom. The van der Waals surface area contributed by atoms with Crippen LogP contribution in [-0.2, 0) is 6.42 Å². The first-order valence-electron chi connectivity index (χ1n) is 9.73. The standard InChI is InChI=1S/C20H15Cl2N7O2S2/c21-2-1-12-15(22)14-16(25-12)27-19(33-20-26-13(8-32-20)18(30)31)28-17(14)29-6-11(7-29)3-10-4-23-9-24-5-10/h1-2,4-5,8-9,11H,3,6-7H2,(H,30,31)(H,25,27,28)/b2-1+. The Morgan fingerprint density at radius 1 is 1.30 bits per heavy atom. The highest BCUT2D eigenvalue weighted by molar-refractivity contribution is 8.00. The van der Waals surface area contributed by atoms with E-state index in [0.717, 1.165) is 30.5 Å². The van der Waals surface area contributed by atoms with Crippen molar-refractivity contribution in [1.82, 2.24) is 29.9 Å². The molecule has 2 N–H and O–H groups in total. The molecule has 0 radical (unpaired) electrons. The van der Waals surface area contributed by atoms with E-state index < -0.39 is 5.97 Å². The number of nitrogens with one attached hydrogen (secondary N) is 1. The topological polar surface area (TPSA) is 121 Å². The quantitative estimate of drug-likeness (QED) is 0.337. The van der Waals surface area contributed by atoms with Gasteiger partial charge in [-0.25, -0.2) is 29.7 Å². The Hall–Kier alpha value is -2.73. The second-order valence-electron chi connectivity index (χ2n) is 7.33. The van der Waals surface area contributed by atoms with Gasteiger partial charge in [0.25, 0.3) is 0 Å². The van der Waals surface area contributed by atoms with Gasteiger partial charge in [-0.3, -0.25) is 0 Å². The maximum Gasteiger partial charge on any atom is 0.355 e. The van der Waals surface area contributed by atoms with Crippen LogP contribution in [0, 0.1) is 5.92 Å². The largest absolute Gasteiger partial charge is 0.476 e. The van der Waals surface area contributed by atoms with Gasteiger partial charge in [-0.05, 0) is 35.7 Å². The van der Waals surface area contributed by atoms with Crippen LogP contribution in [0.1, 0.15) is 21.7 Å². The van der Waals surface area contributed by atoms with E-state index in [1.54, 1.807) is 6.08 Å². The molecule has 33 heavy (non-hydrogen) atoms. The van der Waals surface area contributed by atoms with Crippen LogP contribution < -0.4 is 4.90 Å².